The normalized spacial score (nSPS) is 13.0. The molecule has 0 amide bonds. The summed E-state index contributed by atoms with van der Waals surface area (Å²) in [4.78, 5) is 0. The van der Waals surface area contributed by atoms with Crippen LogP contribution < -0.4 is 5.32 Å². The minimum absolute atomic E-state index is 0.409. The third-order valence-corrected chi connectivity index (χ3v) is 2.50. The summed E-state index contributed by atoms with van der Waals surface area (Å²) in [6.45, 7) is 9.86. The fourth-order valence-corrected chi connectivity index (χ4v) is 1.74. The second kappa shape index (κ2) is 6.64. The van der Waals surface area contributed by atoms with Crippen molar-refractivity contribution in [2.24, 2.45) is 0 Å². The van der Waals surface area contributed by atoms with Gasteiger partial charge in [-0.1, -0.05) is 6.92 Å². The van der Waals surface area contributed by atoms with Crippen molar-refractivity contribution >= 4 is 0 Å². The average molecular weight is 210 g/mol. The third kappa shape index (κ3) is 3.68. The van der Waals surface area contributed by atoms with Crippen LogP contribution in [0.1, 0.15) is 32.5 Å². The number of rotatable bonds is 7. The average Bonchev–Trinajstić information content (AvgIpc) is 2.67. The van der Waals surface area contributed by atoms with E-state index < -0.39 is 0 Å². The van der Waals surface area contributed by atoms with E-state index in [0.29, 0.717) is 6.04 Å². The highest BCUT2D eigenvalue weighted by Crippen LogP contribution is 2.12. The van der Waals surface area contributed by atoms with Crippen LogP contribution in [0.4, 0.5) is 0 Å². The van der Waals surface area contributed by atoms with Crippen molar-refractivity contribution in [1.29, 1.82) is 0 Å². The third-order valence-electron chi connectivity index (χ3n) is 2.50. The summed E-state index contributed by atoms with van der Waals surface area (Å²) in [5, 5.41) is 3.42. The summed E-state index contributed by atoms with van der Waals surface area (Å²) in [5.41, 5.74) is 1.33. The minimum atomic E-state index is 0.409. The lowest BCUT2D eigenvalue weighted by atomic mass is 10.2. The molecule has 0 bridgehead atoms. The maximum atomic E-state index is 5.36. The first kappa shape index (κ1) is 12.3. The van der Waals surface area contributed by atoms with E-state index in [1.807, 2.05) is 6.92 Å². The monoisotopic (exact) mass is 210 g/mol. The zero-order chi connectivity index (χ0) is 11.1. The van der Waals surface area contributed by atoms with E-state index in [2.05, 4.69) is 42.1 Å². The van der Waals surface area contributed by atoms with Gasteiger partial charge < -0.3 is 14.6 Å². The van der Waals surface area contributed by atoms with Gasteiger partial charge in [-0.25, -0.2) is 0 Å². The molecule has 0 aliphatic heterocycles. The highest BCUT2D eigenvalue weighted by molar-refractivity contribution is 5.11. The Morgan fingerprint density at radius 3 is 2.93 bits per heavy atom. The van der Waals surface area contributed by atoms with Gasteiger partial charge in [0, 0.05) is 31.1 Å². The molecule has 1 unspecified atom stereocenters. The first-order valence-electron chi connectivity index (χ1n) is 5.75. The van der Waals surface area contributed by atoms with Gasteiger partial charge in [0.25, 0.3) is 0 Å². The van der Waals surface area contributed by atoms with Crippen molar-refractivity contribution in [3.8, 4) is 0 Å². The molecule has 1 atom stereocenters. The highest BCUT2D eigenvalue weighted by Gasteiger charge is 2.07. The number of ether oxygens (including phenoxy) is 1. The van der Waals surface area contributed by atoms with Crippen LogP contribution in [0.25, 0.3) is 0 Å². The molecule has 15 heavy (non-hydrogen) atoms. The number of hydrogen-bond acceptors (Lipinski definition) is 2. The van der Waals surface area contributed by atoms with Crippen LogP contribution in [0.2, 0.25) is 0 Å². The smallest absolute Gasteiger partial charge is 0.0645 e. The lowest BCUT2D eigenvalue weighted by molar-refractivity contribution is 0.138. The fourth-order valence-electron chi connectivity index (χ4n) is 1.74. The molecule has 3 heteroatoms. The highest BCUT2D eigenvalue weighted by atomic mass is 16.5. The van der Waals surface area contributed by atoms with E-state index in [-0.39, 0.29) is 0 Å². The standard InChI is InChI=1S/C12H22N2O/c1-4-13-11(3)12-7-6-8-14(12)9-10-15-5-2/h6-8,11,13H,4-5,9-10H2,1-3H3. The topological polar surface area (TPSA) is 26.2 Å². The predicted molar refractivity (Wildman–Crippen MR) is 63.0 cm³/mol. The van der Waals surface area contributed by atoms with Crippen LogP contribution in [0.15, 0.2) is 18.3 Å². The van der Waals surface area contributed by atoms with E-state index >= 15 is 0 Å². The molecule has 1 rings (SSSR count). The lowest BCUT2D eigenvalue weighted by Crippen LogP contribution is -2.21. The molecule has 0 aliphatic carbocycles. The van der Waals surface area contributed by atoms with Crippen LogP contribution in [-0.4, -0.2) is 24.3 Å². The van der Waals surface area contributed by atoms with Crippen LogP contribution in [0, 0.1) is 0 Å². The number of nitrogens with one attached hydrogen (secondary N) is 1. The van der Waals surface area contributed by atoms with Gasteiger partial charge in [-0.15, -0.1) is 0 Å². The number of aromatic nitrogens is 1. The van der Waals surface area contributed by atoms with Gasteiger partial charge in [-0.05, 0) is 32.5 Å². The van der Waals surface area contributed by atoms with Gasteiger partial charge in [0.2, 0.25) is 0 Å². The quantitative estimate of drug-likeness (QED) is 0.698. The zero-order valence-corrected chi connectivity index (χ0v) is 9.99. The van der Waals surface area contributed by atoms with Gasteiger partial charge in [0.15, 0.2) is 0 Å². The Labute approximate surface area is 92.4 Å². The molecule has 0 saturated heterocycles. The predicted octanol–water partition coefficient (Wildman–Crippen LogP) is 2.20. The van der Waals surface area contributed by atoms with Crippen molar-refractivity contribution in [3.63, 3.8) is 0 Å². The Balaban J connectivity index is 2.52. The Bertz CT molecular complexity index is 270. The molecular weight excluding hydrogens is 188 g/mol. The van der Waals surface area contributed by atoms with Crippen molar-refractivity contribution in [2.75, 3.05) is 19.8 Å². The Morgan fingerprint density at radius 1 is 1.47 bits per heavy atom. The van der Waals surface area contributed by atoms with E-state index in [1.165, 1.54) is 5.69 Å². The lowest BCUT2D eigenvalue weighted by Gasteiger charge is -2.16. The van der Waals surface area contributed by atoms with E-state index in [9.17, 15) is 0 Å². The van der Waals surface area contributed by atoms with E-state index in [0.717, 1.165) is 26.3 Å². The second-order valence-electron chi connectivity index (χ2n) is 3.60. The van der Waals surface area contributed by atoms with Crippen LogP contribution in [-0.2, 0) is 11.3 Å². The molecule has 1 heterocycles. The van der Waals surface area contributed by atoms with Gasteiger partial charge in [0.1, 0.15) is 0 Å². The maximum Gasteiger partial charge on any atom is 0.0645 e. The van der Waals surface area contributed by atoms with Crippen molar-refractivity contribution in [1.82, 2.24) is 9.88 Å². The Morgan fingerprint density at radius 2 is 2.27 bits per heavy atom. The molecule has 86 valence electrons. The molecule has 0 saturated carbocycles. The van der Waals surface area contributed by atoms with Gasteiger partial charge in [-0.3, -0.25) is 0 Å². The van der Waals surface area contributed by atoms with E-state index in [1.54, 1.807) is 0 Å². The summed E-state index contributed by atoms with van der Waals surface area (Å²) in [6, 6.07) is 4.67. The molecular formula is C12H22N2O. The first-order valence-corrected chi connectivity index (χ1v) is 5.75. The van der Waals surface area contributed by atoms with Crippen LogP contribution in [0.5, 0.6) is 0 Å². The molecule has 0 fully saturated rings. The van der Waals surface area contributed by atoms with Gasteiger partial charge in [-0.2, -0.15) is 0 Å². The van der Waals surface area contributed by atoms with Crippen molar-refractivity contribution in [2.45, 2.75) is 33.4 Å². The molecule has 0 aromatic carbocycles. The molecule has 0 radical (unpaired) electrons. The first-order chi connectivity index (χ1) is 7.29. The summed E-state index contributed by atoms with van der Waals surface area (Å²) in [7, 11) is 0. The molecule has 3 nitrogen and oxygen atoms in total. The molecule has 0 aliphatic rings. The summed E-state index contributed by atoms with van der Waals surface area (Å²) in [5.74, 6) is 0. The van der Waals surface area contributed by atoms with Gasteiger partial charge >= 0.3 is 0 Å². The summed E-state index contributed by atoms with van der Waals surface area (Å²) in [6.07, 6.45) is 2.11. The summed E-state index contributed by atoms with van der Waals surface area (Å²) >= 11 is 0. The fraction of sp³-hybridized carbons (Fsp3) is 0.667. The van der Waals surface area contributed by atoms with Crippen LogP contribution in [0.3, 0.4) is 0 Å². The van der Waals surface area contributed by atoms with Crippen molar-refractivity contribution in [3.05, 3.63) is 24.0 Å². The number of hydrogen-bond donors (Lipinski definition) is 1. The maximum absolute atomic E-state index is 5.36. The minimum Gasteiger partial charge on any atom is -0.380 e. The molecule has 0 spiro atoms. The second-order valence-corrected chi connectivity index (χ2v) is 3.60. The zero-order valence-electron chi connectivity index (χ0n) is 9.99. The van der Waals surface area contributed by atoms with Crippen LogP contribution >= 0.6 is 0 Å². The Kier molecular flexibility index (Phi) is 5.43. The van der Waals surface area contributed by atoms with Crippen molar-refractivity contribution < 1.29 is 4.74 Å². The van der Waals surface area contributed by atoms with E-state index in [4.69, 9.17) is 4.74 Å². The molecule has 1 aromatic heterocycles. The Hall–Kier alpha value is -0.800. The number of nitrogens with zero attached hydrogens (tertiary/aromatic N) is 1. The largest absolute Gasteiger partial charge is 0.380 e. The SMILES string of the molecule is CCNC(C)c1cccn1CCOCC. The van der Waals surface area contributed by atoms with Gasteiger partial charge in [0.05, 0.1) is 6.61 Å². The molecule has 1 N–H and O–H groups in total. The molecule has 1 aromatic rings. The summed E-state index contributed by atoms with van der Waals surface area (Å²) < 4.78 is 7.61.